The van der Waals surface area contributed by atoms with Crippen LogP contribution in [-0.2, 0) is 9.59 Å². The Bertz CT molecular complexity index is 656. The maximum atomic E-state index is 12.6. The number of imide groups is 1. The number of nitrogens with one attached hydrogen (secondary N) is 2. The zero-order valence-electron chi connectivity index (χ0n) is 12.6. The smallest absolute Gasteiger partial charge is 0.324 e. The summed E-state index contributed by atoms with van der Waals surface area (Å²) in [6, 6.07) is 6.90. The zero-order valence-corrected chi connectivity index (χ0v) is 14.8. The van der Waals surface area contributed by atoms with Crippen LogP contribution in [0.2, 0.25) is 0 Å². The number of anilines is 1. The van der Waals surface area contributed by atoms with Crippen molar-refractivity contribution in [3.63, 3.8) is 0 Å². The first-order valence-electron chi connectivity index (χ1n) is 7.70. The molecule has 1 aliphatic heterocycles. The van der Waals surface area contributed by atoms with Crippen molar-refractivity contribution in [3.05, 3.63) is 27.8 Å². The number of carbonyl (C=O) groups is 3. The van der Waals surface area contributed by atoms with Gasteiger partial charge >= 0.3 is 6.03 Å². The molecular formula is C16H18IN3O3. The second-order valence-corrected chi connectivity index (χ2v) is 7.15. The molecule has 0 atom stereocenters. The Hall–Kier alpha value is -1.64. The maximum absolute atomic E-state index is 12.6. The molecule has 7 heteroatoms. The fourth-order valence-corrected chi connectivity index (χ4v) is 3.73. The molecule has 6 nitrogen and oxygen atoms in total. The molecule has 1 spiro atoms. The van der Waals surface area contributed by atoms with E-state index >= 15 is 0 Å². The van der Waals surface area contributed by atoms with E-state index in [4.69, 9.17) is 0 Å². The molecule has 1 aromatic rings. The van der Waals surface area contributed by atoms with Crippen LogP contribution in [0.4, 0.5) is 10.5 Å². The van der Waals surface area contributed by atoms with E-state index in [1.807, 2.05) is 18.2 Å². The van der Waals surface area contributed by atoms with Crippen molar-refractivity contribution >= 4 is 46.1 Å². The van der Waals surface area contributed by atoms with E-state index in [9.17, 15) is 14.4 Å². The Morgan fingerprint density at radius 2 is 1.91 bits per heavy atom. The Labute approximate surface area is 148 Å². The first-order chi connectivity index (χ1) is 11.0. The van der Waals surface area contributed by atoms with E-state index in [0.717, 1.165) is 27.7 Å². The largest absolute Gasteiger partial charge is 0.325 e. The molecule has 2 aliphatic rings. The van der Waals surface area contributed by atoms with Gasteiger partial charge in [-0.15, -0.1) is 0 Å². The van der Waals surface area contributed by atoms with E-state index in [-0.39, 0.29) is 18.4 Å². The zero-order chi connectivity index (χ0) is 16.4. The Balaban J connectivity index is 1.68. The number of amides is 4. The van der Waals surface area contributed by atoms with Crippen LogP contribution >= 0.6 is 22.6 Å². The van der Waals surface area contributed by atoms with Gasteiger partial charge in [0.05, 0.1) is 5.69 Å². The summed E-state index contributed by atoms with van der Waals surface area (Å²) in [4.78, 5) is 38.0. The molecule has 0 unspecified atom stereocenters. The highest BCUT2D eigenvalue weighted by molar-refractivity contribution is 14.1. The Morgan fingerprint density at radius 1 is 1.22 bits per heavy atom. The van der Waals surface area contributed by atoms with Gasteiger partial charge in [-0.3, -0.25) is 14.5 Å². The molecule has 0 aromatic heterocycles. The molecule has 23 heavy (non-hydrogen) atoms. The molecule has 3 rings (SSSR count). The monoisotopic (exact) mass is 427 g/mol. The standard InChI is InChI=1S/C16H18IN3O3/c17-11-6-2-3-7-12(11)18-13(21)10-20-14(22)16(19-15(20)23)8-4-1-5-9-16/h2-3,6-7H,1,4-5,8-10H2,(H,18,21)(H,19,23). The number of rotatable bonds is 3. The van der Waals surface area contributed by atoms with Crippen molar-refractivity contribution in [2.75, 3.05) is 11.9 Å². The SMILES string of the molecule is O=C(CN1C(=O)NC2(CCCCC2)C1=O)Nc1ccccc1I. The first kappa shape index (κ1) is 16.2. The number of nitrogens with zero attached hydrogens (tertiary/aromatic N) is 1. The summed E-state index contributed by atoms with van der Waals surface area (Å²) in [5, 5.41) is 5.55. The van der Waals surface area contributed by atoms with E-state index in [0.29, 0.717) is 18.5 Å². The second kappa shape index (κ2) is 6.46. The van der Waals surface area contributed by atoms with Crippen LogP contribution in [0.1, 0.15) is 32.1 Å². The normalized spacial score (nSPS) is 19.8. The minimum Gasteiger partial charge on any atom is -0.324 e. The summed E-state index contributed by atoms with van der Waals surface area (Å²) < 4.78 is 0.902. The highest BCUT2D eigenvalue weighted by atomic mass is 127. The lowest BCUT2D eigenvalue weighted by Gasteiger charge is -2.30. The van der Waals surface area contributed by atoms with Gasteiger partial charge < -0.3 is 10.6 Å². The fraction of sp³-hybridized carbons (Fsp3) is 0.438. The summed E-state index contributed by atoms with van der Waals surface area (Å²) in [6.45, 7) is -0.253. The highest BCUT2D eigenvalue weighted by Crippen LogP contribution is 2.33. The van der Waals surface area contributed by atoms with E-state index in [1.165, 1.54) is 0 Å². The van der Waals surface area contributed by atoms with Crippen molar-refractivity contribution < 1.29 is 14.4 Å². The summed E-state index contributed by atoms with van der Waals surface area (Å²) >= 11 is 2.12. The molecule has 0 radical (unpaired) electrons. The number of hydrogen-bond acceptors (Lipinski definition) is 3. The number of urea groups is 1. The van der Waals surface area contributed by atoms with Crippen LogP contribution in [0.15, 0.2) is 24.3 Å². The average molecular weight is 427 g/mol. The molecular weight excluding hydrogens is 409 g/mol. The third-order valence-electron chi connectivity index (χ3n) is 4.40. The van der Waals surface area contributed by atoms with Gasteiger partial charge in [-0.25, -0.2) is 4.79 Å². The lowest BCUT2D eigenvalue weighted by molar-refractivity contribution is -0.134. The van der Waals surface area contributed by atoms with E-state index in [2.05, 4.69) is 33.2 Å². The van der Waals surface area contributed by atoms with E-state index < -0.39 is 11.6 Å². The topological polar surface area (TPSA) is 78.5 Å². The van der Waals surface area contributed by atoms with Crippen LogP contribution in [0.25, 0.3) is 0 Å². The molecule has 2 fully saturated rings. The van der Waals surface area contributed by atoms with Gasteiger partial charge in [0.1, 0.15) is 12.1 Å². The van der Waals surface area contributed by atoms with Crippen molar-refractivity contribution in [2.24, 2.45) is 0 Å². The van der Waals surface area contributed by atoms with Gasteiger partial charge in [-0.2, -0.15) is 0 Å². The van der Waals surface area contributed by atoms with E-state index in [1.54, 1.807) is 6.07 Å². The molecule has 2 N–H and O–H groups in total. The maximum Gasteiger partial charge on any atom is 0.325 e. The van der Waals surface area contributed by atoms with Crippen LogP contribution in [0.5, 0.6) is 0 Å². The summed E-state index contributed by atoms with van der Waals surface area (Å²) in [7, 11) is 0. The van der Waals surface area contributed by atoms with Crippen LogP contribution < -0.4 is 10.6 Å². The third kappa shape index (κ3) is 3.19. The number of para-hydroxylation sites is 1. The highest BCUT2D eigenvalue weighted by Gasteiger charge is 2.51. The predicted octanol–water partition coefficient (Wildman–Crippen LogP) is 2.48. The van der Waals surface area contributed by atoms with Crippen molar-refractivity contribution in [1.82, 2.24) is 10.2 Å². The first-order valence-corrected chi connectivity index (χ1v) is 8.78. The van der Waals surface area contributed by atoms with Gasteiger partial charge in [0.15, 0.2) is 0 Å². The summed E-state index contributed by atoms with van der Waals surface area (Å²) in [5.74, 6) is -0.634. The van der Waals surface area contributed by atoms with Gasteiger partial charge in [0.2, 0.25) is 5.91 Å². The van der Waals surface area contributed by atoms with Crippen LogP contribution in [0, 0.1) is 3.57 Å². The lowest BCUT2D eigenvalue weighted by Crippen LogP contribution is -2.48. The molecule has 1 heterocycles. The molecule has 1 aromatic carbocycles. The van der Waals surface area contributed by atoms with Crippen LogP contribution in [0.3, 0.4) is 0 Å². The summed E-state index contributed by atoms with van der Waals surface area (Å²) in [6.07, 6.45) is 4.25. The molecule has 1 saturated carbocycles. The second-order valence-electron chi connectivity index (χ2n) is 5.99. The van der Waals surface area contributed by atoms with Crippen molar-refractivity contribution in [2.45, 2.75) is 37.6 Å². The van der Waals surface area contributed by atoms with Crippen LogP contribution in [-0.4, -0.2) is 34.8 Å². The number of benzene rings is 1. The number of carbonyl (C=O) groups excluding carboxylic acids is 3. The molecule has 0 bridgehead atoms. The molecule has 1 aliphatic carbocycles. The van der Waals surface area contributed by atoms with Gasteiger partial charge in [-0.1, -0.05) is 31.4 Å². The number of halogens is 1. The minimum atomic E-state index is -0.781. The van der Waals surface area contributed by atoms with Gasteiger partial charge in [-0.05, 0) is 47.6 Å². The fourth-order valence-electron chi connectivity index (χ4n) is 3.21. The molecule has 4 amide bonds. The molecule has 1 saturated heterocycles. The summed E-state index contributed by atoms with van der Waals surface area (Å²) in [5.41, 5.74) is -0.103. The molecule has 122 valence electrons. The van der Waals surface area contributed by atoms with Gasteiger partial charge in [0, 0.05) is 3.57 Å². The number of hydrogen-bond donors (Lipinski definition) is 2. The average Bonchev–Trinajstić information content (AvgIpc) is 2.75. The quantitative estimate of drug-likeness (QED) is 0.575. The van der Waals surface area contributed by atoms with Crippen molar-refractivity contribution in [3.8, 4) is 0 Å². The van der Waals surface area contributed by atoms with Crippen molar-refractivity contribution in [1.29, 1.82) is 0 Å². The minimum absolute atomic E-state index is 0.253. The third-order valence-corrected chi connectivity index (χ3v) is 5.34. The lowest BCUT2D eigenvalue weighted by atomic mass is 9.82. The van der Waals surface area contributed by atoms with Gasteiger partial charge in [0.25, 0.3) is 5.91 Å². The Morgan fingerprint density at radius 3 is 2.61 bits per heavy atom. The predicted molar refractivity (Wildman–Crippen MR) is 93.8 cm³/mol. The Kier molecular flexibility index (Phi) is 4.56.